The number of nitrogens with one attached hydrogen (secondary N) is 2. The monoisotopic (exact) mass is 535 g/mol. The fourth-order valence-electron chi connectivity index (χ4n) is 4.43. The summed E-state index contributed by atoms with van der Waals surface area (Å²) in [7, 11) is 6.12. The number of rotatable bonds is 9. The van der Waals surface area contributed by atoms with E-state index < -0.39 is 17.4 Å². The summed E-state index contributed by atoms with van der Waals surface area (Å²) in [4.78, 5) is 40.8. The molecule has 1 atom stereocenters. The Bertz CT molecular complexity index is 1370. The number of likely N-dealkylation sites (N-methyl/N-ethyl adjacent to an activating group) is 1. The van der Waals surface area contributed by atoms with Crippen molar-refractivity contribution in [1.82, 2.24) is 25.3 Å². The van der Waals surface area contributed by atoms with E-state index in [0.29, 0.717) is 23.8 Å². The van der Waals surface area contributed by atoms with E-state index in [2.05, 4.69) is 15.7 Å². The van der Waals surface area contributed by atoms with E-state index in [1.807, 2.05) is 31.2 Å². The first-order valence-corrected chi connectivity index (χ1v) is 12.4. The molecule has 0 fully saturated rings. The lowest BCUT2D eigenvalue weighted by molar-refractivity contribution is -0.132. The Labute approximate surface area is 227 Å². The highest BCUT2D eigenvalue weighted by Crippen LogP contribution is 2.38. The number of methoxy groups -OCH3 is 3. The molecule has 2 aromatic carbocycles. The number of hydrogen-bond acceptors (Lipinski definition) is 7. The van der Waals surface area contributed by atoms with Crippen molar-refractivity contribution in [3.63, 3.8) is 0 Å². The molecule has 0 spiro atoms. The number of carbonyl (C=O) groups excluding carboxylic acids is 3. The van der Waals surface area contributed by atoms with Gasteiger partial charge in [0.1, 0.15) is 11.2 Å². The van der Waals surface area contributed by atoms with E-state index in [1.165, 1.54) is 37.0 Å². The molecule has 2 heterocycles. The second-order valence-corrected chi connectivity index (χ2v) is 9.60. The van der Waals surface area contributed by atoms with Gasteiger partial charge in [-0.3, -0.25) is 19.1 Å². The van der Waals surface area contributed by atoms with Crippen molar-refractivity contribution >= 4 is 17.7 Å². The molecule has 0 radical (unpaired) electrons. The van der Waals surface area contributed by atoms with Gasteiger partial charge in [-0.15, -0.1) is 0 Å². The van der Waals surface area contributed by atoms with Crippen LogP contribution in [0.15, 0.2) is 42.5 Å². The summed E-state index contributed by atoms with van der Waals surface area (Å²) in [6.45, 7) is 4.27. The van der Waals surface area contributed by atoms with E-state index in [9.17, 15) is 14.4 Å². The van der Waals surface area contributed by atoms with Gasteiger partial charge in [0.25, 0.3) is 11.8 Å². The van der Waals surface area contributed by atoms with Crippen LogP contribution in [0.3, 0.4) is 0 Å². The smallest absolute Gasteiger partial charge is 0.272 e. The number of amides is 3. The summed E-state index contributed by atoms with van der Waals surface area (Å²) in [5, 5.41) is 10.1. The van der Waals surface area contributed by atoms with Crippen molar-refractivity contribution < 1.29 is 28.6 Å². The third-order valence-electron chi connectivity index (χ3n) is 6.97. The molecular weight excluding hydrogens is 502 g/mol. The molecule has 1 aromatic heterocycles. The average molecular weight is 536 g/mol. The van der Waals surface area contributed by atoms with Crippen LogP contribution in [0.4, 0.5) is 0 Å². The first-order valence-electron chi connectivity index (χ1n) is 12.4. The zero-order valence-corrected chi connectivity index (χ0v) is 23.0. The molecule has 3 amide bonds. The van der Waals surface area contributed by atoms with Gasteiger partial charge in [0.15, 0.2) is 17.2 Å². The summed E-state index contributed by atoms with van der Waals surface area (Å²) in [5.74, 6) is 0.204. The minimum atomic E-state index is -1.19. The van der Waals surface area contributed by atoms with Gasteiger partial charge >= 0.3 is 0 Å². The first kappa shape index (κ1) is 27.5. The summed E-state index contributed by atoms with van der Waals surface area (Å²) < 4.78 is 17.5. The summed E-state index contributed by atoms with van der Waals surface area (Å²) in [6.07, 6.45) is 0. The van der Waals surface area contributed by atoms with E-state index in [1.54, 1.807) is 26.1 Å². The SMILES string of the molecule is COc1cc(CNC(=O)c2cc3n(n2)CC(C)(C(=O)NCc2ccc(C)cc2)N(C)C3=O)cc(OC)c1OC. The fraction of sp³-hybridized carbons (Fsp3) is 0.357. The molecule has 1 aliphatic rings. The van der Waals surface area contributed by atoms with Crippen LogP contribution in [-0.2, 0) is 24.4 Å². The van der Waals surface area contributed by atoms with Crippen LogP contribution >= 0.6 is 0 Å². The van der Waals surface area contributed by atoms with Gasteiger partial charge in [-0.25, -0.2) is 0 Å². The second-order valence-electron chi connectivity index (χ2n) is 9.60. The maximum Gasteiger partial charge on any atom is 0.272 e. The van der Waals surface area contributed by atoms with Gasteiger partial charge in [0, 0.05) is 26.2 Å². The predicted molar refractivity (Wildman–Crippen MR) is 143 cm³/mol. The quantitative estimate of drug-likeness (QED) is 0.431. The third kappa shape index (κ3) is 5.38. The number of hydrogen-bond donors (Lipinski definition) is 2. The molecule has 3 aromatic rings. The van der Waals surface area contributed by atoms with Crippen molar-refractivity contribution in [2.75, 3.05) is 28.4 Å². The third-order valence-corrected chi connectivity index (χ3v) is 6.97. The van der Waals surface area contributed by atoms with Gasteiger partial charge in [0.2, 0.25) is 11.7 Å². The van der Waals surface area contributed by atoms with Crippen LogP contribution in [-0.4, -0.2) is 66.3 Å². The Hall–Kier alpha value is -4.54. The number of nitrogens with zero attached hydrogens (tertiary/aromatic N) is 3. The molecule has 0 aliphatic carbocycles. The predicted octanol–water partition coefficient (Wildman–Crippen LogP) is 2.31. The number of fused-ring (bicyclic) bond motifs is 1. The molecule has 1 aliphatic heterocycles. The Morgan fingerprint density at radius 1 is 0.949 bits per heavy atom. The van der Waals surface area contributed by atoms with E-state index in [4.69, 9.17) is 14.2 Å². The van der Waals surface area contributed by atoms with E-state index >= 15 is 0 Å². The largest absolute Gasteiger partial charge is 0.493 e. The number of aryl methyl sites for hydroxylation is 1. The fourth-order valence-corrected chi connectivity index (χ4v) is 4.43. The van der Waals surface area contributed by atoms with Crippen molar-refractivity contribution in [1.29, 1.82) is 0 Å². The maximum atomic E-state index is 13.2. The summed E-state index contributed by atoms with van der Waals surface area (Å²) >= 11 is 0. The zero-order valence-electron chi connectivity index (χ0n) is 23.0. The zero-order chi connectivity index (χ0) is 28.3. The lowest BCUT2D eigenvalue weighted by Gasteiger charge is -2.40. The Kier molecular flexibility index (Phi) is 7.80. The Morgan fingerprint density at radius 3 is 2.15 bits per heavy atom. The summed E-state index contributed by atoms with van der Waals surface area (Å²) in [5.41, 5.74) is 1.92. The van der Waals surface area contributed by atoms with Gasteiger partial charge in [-0.2, -0.15) is 5.10 Å². The molecular formula is C28H33N5O6. The highest BCUT2D eigenvalue weighted by molar-refractivity contribution is 6.01. The van der Waals surface area contributed by atoms with Gasteiger partial charge in [-0.05, 0) is 37.1 Å². The van der Waals surface area contributed by atoms with Crippen LogP contribution < -0.4 is 24.8 Å². The number of aromatic nitrogens is 2. The standard InChI is InChI=1S/C28H33N5O6/c1-17-7-9-18(10-8-17)14-30-27(36)28(2)16-33-21(26(35)32(28)3)13-20(31-33)25(34)29-15-19-11-22(37-4)24(39-6)23(12-19)38-5/h7-13H,14-16H2,1-6H3,(H,29,34)(H,30,36). The second kappa shape index (κ2) is 11.1. The number of ether oxygens (including phenoxy) is 3. The van der Waals surface area contributed by atoms with Gasteiger partial charge < -0.3 is 29.7 Å². The van der Waals surface area contributed by atoms with Crippen LogP contribution in [0.1, 0.15) is 44.6 Å². The highest BCUT2D eigenvalue weighted by Gasteiger charge is 2.46. The summed E-state index contributed by atoms with van der Waals surface area (Å²) in [6, 6.07) is 12.8. The number of carbonyl (C=O) groups is 3. The molecule has 39 heavy (non-hydrogen) atoms. The minimum Gasteiger partial charge on any atom is -0.493 e. The van der Waals surface area contributed by atoms with E-state index in [-0.39, 0.29) is 30.4 Å². The normalized spacial score (nSPS) is 16.4. The molecule has 11 nitrogen and oxygen atoms in total. The molecule has 206 valence electrons. The van der Waals surface area contributed by atoms with Crippen LogP contribution in [0.2, 0.25) is 0 Å². The van der Waals surface area contributed by atoms with Crippen molar-refractivity contribution in [2.24, 2.45) is 0 Å². The van der Waals surface area contributed by atoms with Crippen molar-refractivity contribution in [2.45, 2.75) is 39.0 Å². The number of benzene rings is 2. The lowest BCUT2D eigenvalue weighted by Crippen LogP contribution is -2.62. The Balaban J connectivity index is 1.47. The minimum absolute atomic E-state index is 0.0727. The lowest BCUT2D eigenvalue weighted by atomic mass is 9.95. The molecule has 0 bridgehead atoms. The topological polar surface area (TPSA) is 124 Å². The van der Waals surface area contributed by atoms with Gasteiger partial charge in [0.05, 0.1) is 27.9 Å². The van der Waals surface area contributed by atoms with Crippen LogP contribution in [0.5, 0.6) is 17.2 Å². The maximum absolute atomic E-state index is 13.2. The first-order chi connectivity index (χ1) is 18.6. The molecule has 4 rings (SSSR count). The van der Waals surface area contributed by atoms with E-state index in [0.717, 1.165) is 16.7 Å². The molecule has 0 saturated carbocycles. The molecule has 1 unspecified atom stereocenters. The Morgan fingerprint density at radius 2 is 1.56 bits per heavy atom. The van der Waals surface area contributed by atoms with Crippen molar-refractivity contribution in [3.05, 3.63) is 70.5 Å². The van der Waals surface area contributed by atoms with Crippen LogP contribution in [0.25, 0.3) is 0 Å². The average Bonchev–Trinajstić information content (AvgIpc) is 3.37. The van der Waals surface area contributed by atoms with Crippen LogP contribution in [0, 0.1) is 6.92 Å². The highest BCUT2D eigenvalue weighted by atomic mass is 16.5. The molecule has 0 saturated heterocycles. The molecule has 2 N–H and O–H groups in total. The van der Waals surface area contributed by atoms with Gasteiger partial charge in [-0.1, -0.05) is 29.8 Å². The van der Waals surface area contributed by atoms with Crippen molar-refractivity contribution in [3.8, 4) is 17.2 Å². The molecule has 11 heteroatoms.